The van der Waals surface area contributed by atoms with Gasteiger partial charge in [0, 0.05) is 25.0 Å². The molecule has 2 amide bonds. The Labute approximate surface area is 110 Å². The first-order valence-corrected chi connectivity index (χ1v) is 6.34. The van der Waals surface area contributed by atoms with E-state index in [0.717, 1.165) is 0 Å². The Bertz CT molecular complexity index is 509. The number of amides is 2. The highest BCUT2D eigenvalue weighted by Gasteiger charge is 2.51. The fourth-order valence-electron chi connectivity index (χ4n) is 2.74. The van der Waals surface area contributed by atoms with Crippen LogP contribution in [-0.2, 0) is 4.74 Å². The van der Waals surface area contributed by atoms with E-state index in [-0.39, 0.29) is 30.0 Å². The Kier molecular flexibility index (Phi) is 2.83. The van der Waals surface area contributed by atoms with E-state index in [0.29, 0.717) is 24.2 Å². The molecule has 0 aromatic carbocycles. The number of carbonyl (C=O) groups is 2. The van der Waals surface area contributed by atoms with Crippen molar-refractivity contribution in [2.24, 2.45) is 5.73 Å². The summed E-state index contributed by atoms with van der Waals surface area (Å²) in [6.45, 7) is 2.42. The minimum atomic E-state index is -0.368. The van der Waals surface area contributed by atoms with Crippen LogP contribution >= 0.6 is 0 Å². The third-order valence-electron chi connectivity index (χ3n) is 3.72. The molecule has 3 unspecified atom stereocenters. The summed E-state index contributed by atoms with van der Waals surface area (Å²) in [5.74, 6) is -0.620. The molecular weight excluding hydrogens is 246 g/mol. The van der Waals surface area contributed by atoms with Crippen LogP contribution in [0.15, 0.2) is 18.5 Å². The largest absolute Gasteiger partial charge is 0.376 e. The molecule has 0 spiro atoms. The van der Waals surface area contributed by atoms with E-state index in [4.69, 9.17) is 10.5 Å². The van der Waals surface area contributed by atoms with Crippen molar-refractivity contribution in [2.45, 2.75) is 31.5 Å². The van der Waals surface area contributed by atoms with Crippen LogP contribution in [0.4, 0.5) is 0 Å². The van der Waals surface area contributed by atoms with Crippen LogP contribution in [0.5, 0.6) is 0 Å². The molecule has 6 nitrogen and oxygen atoms in total. The van der Waals surface area contributed by atoms with Gasteiger partial charge in [0.05, 0.1) is 23.3 Å². The van der Waals surface area contributed by atoms with Crippen LogP contribution in [0, 0.1) is 0 Å². The van der Waals surface area contributed by atoms with Gasteiger partial charge >= 0.3 is 0 Å². The molecule has 0 bridgehead atoms. The fraction of sp³-hybridized carbons (Fsp3) is 0.462. The van der Waals surface area contributed by atoms with Crippen molar-refractivity contribution in [2.75, 3.05) is 6.61 Å². The number of aromatic nitrogens is 1. The zero-order valence-electron chi connectivity index (χ0n) is 10.6. The quantitative estimate of drug-likeness (QED) is 0.785. The molecule has 1 aromatic heterocycles. The molecular formula is C13H15N3O3. The Balaban J connectivity index is 1.91. The molecule has 0 radical (unpaired) electrons. The van der Waals surface area contributed by atoms with Crippen LogP contribution in [0.3, 0.4) is 0 Å². The van der Waals surface area contributed by atoms with Gasteiger partial charge in [-0.25, -0.2) is 0 Å². The minimum Gasteiger partial charge on any atom is -0.376 e. The van der Waals surface area contributed by atoms with Crippen LogP contribution in [0.1, 0.15) is 34.1 Å². The van der Waals surface area contributed by atoms with Crippen LogP contribution in [0.2, 0.25) is 0 Å². The van der Waals surface area contributed by atoms with E-state index >= 15 is 0 Å². The number of nitrogens with zero attached hydrogens (tertiary/aromatic N) is 2. The van der Waals surface area contributed by atoms with Crippen molar-refractivity contribution in [3.8, 4) is 0 Å². The van der Waals surface area contributed by atoms with Crippen molar-refractivity contribution < 1.29 is 14.3 Å². The standard InChI is InChI=1S/C13H15N3O3/c1-2-19-10-5-9(14)11(10)16-12(17)7-3-4-15-6-8(7)13(16)18/h3-4,6,9-11H,2,5,14H2,1H3. The number of nitrogens with two attached hydrogens (primary N) is 1. The van der Waals surface area contributed by atoms with Gasteiger partial charge < -0.3 is 10.5 Å². The average Bonchev–Trinajstić information content (AvgIpc) is 2.65. The predicted molar refractivity (Wildman–Crippen MR) is 66.5 cm³/mol. The number of carbonyl (C=O) groups excluding carboxylic acids is 2. The number of hydrogen-bond acceptors (Lipinski definition) is 5. The first kappa shape index (κ1) is 12.3. The van der Waals surface area contributed by atoms with E-state index in [1.807, 2.05) is 6.92 Å². The number of hydrogen-bond donors (Lipinski definition) is 1. The second-order valence-corrected chi connectivity index (χ2v) is 4.79. The summed E-state index contributed by atoms with van der Waals surface area (Å²) < 4.78 is 5.53. The van der Waals surface area contributed by atoms with E-state index in [1.165, 1.54) is 17.3 Å². The lowest BCUT2D eigenvalue weighted by Gasteiger charge is -2.45. The van der Waals surface area contributed by atoms with Crippen molar-refractivity contribution in [1.82, 2.24) is 9.88 Å². The maximum Gasteiger partial charge on any atom is 0.263 e. The van der Waals surface area contributed by atoms with Gasteiger partial charge in [-0.3, -0.25) is 19.5 Å². The molecule has 1 aliphatic carbocycles. The molecule has 1 aliphatic heterocycles. The lowest BCUT2D eigenvalue weighted by atomic mass is 9.82. The van der Waals surface area contributed by atoms with E-state index in [2.05, 4.69) is 4.98 Å². The van der Waals surface area contributed by atoms with Crippen molar-refractivity contribution in [3.05, 3.63) is 29.6 Å². The second kappa shape index (κ2) is 4.40. The van der Waals surface area contributed by atoms with Gasteiger partial charge in [-0.05, 0) is 19.4 Å². The summed E-state index contributed by atoms with van der Waals surface area (Å²) in [7, 11) is 0. The first-order chi connectivity index (χ1) is 9.15. The molecule has 1 saturated carbocycles. The summed E-state index contributed by atoms with van der Waals surface area (Å²) in [4.78, 5) is 29.7. The van der Waals surface area contributed by atoms with Gasteiger partial charge in [-0.2, -0.15) is 0 Å². The van der Waals surface area contributed by atoms with Crippen molar-refractivity contribution in [1.29, 1.82) is 0 Å². The third-order valence-corrected chi connectivity index (χ3v) is 3.72. The molecule has 1 fully saturated rings. The highest BCUT2D eigenvalue weighted by Crippen LogP contribution is 2.33. The third kappa shape index (κ3) is 1.67. The molecule has 6 heteroatoms. The summed E-state index contributed by atoms with van der Waals surface area (Å²) in [6, 6.07) is 0.981. The summed E-state index contributed by atoms with van der Waals surface area (Å²) in [6.07, 6.45) is 3.45. The van der Waals surface area contributed by atoms with Gasteiger partial charge in [0.1, 0.15) is 0 Å². The van der Waals surface area contributed by atoms with E-state index in [1.54, 1.807) is 6.07 Å². The molecule has 2 N–H and O–H groups in total. The fourth-order valence-corrected chi connectivity index (χ4v) is 2.74. The second-order valence-electron chi connectivity index (χ2n) is 4.79. The number of ether oxygens (including phenoxy) is 1. The van der Waals surface area contributed by atoms with Gasteiger partial charge in [-0.15, -0.1) is 0 Å². The molecule has 19 heavy (non-hydrogen) atoms. The summed E-state index contributed by atoms with van der Waals surface area (Å²) >= 11 is 0. The molecule has 3 atom stereocenters. The highest BCUT2D eigenvalue weighted by molar-refractivity contribution is 6.21. The number of rotatable bonds is 3. The normalized spacial score (nSPS) is 29.4. The van der Waals surface area contributed by atoms with Crippen LogP contribution < -0.4 is 5.73 Å². The summed E-state index contributed by atoms with van der Waals surface area (Å²) in [5, 5.41) is 0. The summed E-state index contributed by atoms with van der Waals surface area (Å²) in [5.41, 5.74) is 6.69. The zero-order valence-corrected chi connectivity index (χ0v) is 10.6. The first-order valence-electron chi connectivity index (χ1n) is 6.34. The Morgan fingerprint density at radius 1 is 1.42 bits per heavy atom. The maximum absolute atomic E-state index is 12.3. The monoisotopic (exact) mass is 261 g/mol. The molecule has 2 aliphatic rings. The zero-order chi connectivity index (χ0) is 13.6. The van der Waals surface area contributed by atoms with Crippen molar-refractivity contribution in [3.63, 3.8) is 0 Å². The number of fused-ring (bicyclic) bond motifs is 1. The Morgan fingerprint density at radius 2 is 2.16 bits per heavy atom. The minimum absolute atomic E-state index is 0.157. The molecule has 100 valence electrons. The highest BCUT2D eigenvalue weighted by atomic mass is 16.5. The Morgan fingerprint density at radius 3 is 2.79 bits per heavy atom. The van der Waals surface area contributed by atoms with Gasteiger partial charge in [0.25, 0.3) is 11.8 Å². The smallest absolute Gasteiger partial charge is 0.263 e. The predicted octanol–water partition coefficient (Wildman–Crippen LogP) is 0.182. The van der Waals surface area contributed by atoms with Crippen molar-refractivity contribution >= 4 is 11.8 Å². The SMILES string of the molecule is CCOC1CC(N)C1N1C(=O)c2ccncc2C1=O. The topological polar surface area (TPSA) is 85.5 Å². The van der Waals surface area contributed by atoms with Crippen LogP contribution in [0.25, 0.3) is 0 Å². The Hall–Kier alpha value is -1.79. The van der Waals surface area contributed by atoms with Gasteiger partial charge in [-0.1, -0.05) is 0 Å². The van der Waals surface area contributed by atoms with E-state index in [9.17, 15) is 9.59 Å². The lowest BCUT2D eigenvalue weighted by molar-refractivity contribution is -0.0611. The molecule has 3 rings (SSSR count). The number of pyridine rings is 1. The molecule has 1 aromatic rings. The van der Waals surface area contributed by atoms with Gasteiger partial charge in [0.2, 0.25) is 0 Å². The van der Waals surface area contributed by atoms with Crippen LogP contribution in [-0.4, -0.2) is 46.5 Å². The lowest BCUT2D eigenvalue weighted by Crippen LogP contribution is -2.66. The molecule has 0 saturated heterocycles. The van der Waals surface area contributed by atoms with E-state index < -0.39 is 0 Å². The number of imide groups is 1. The maximum atomic E-state index is 12.3. The average molecular weight is 261 g/mol. The van der Waals surface area contributed by atoms with Gasteiger partial charge in [0.15, 0.2) is 0 Å². The molecule has 2 heterocycles.